The van der Waals surface area contributed by atoms with Crippen LogP contribution in [0.4, 0.5) is 17.2 Å². The van der Waals surface area contributed by atoms with Gasteiger partial charge in [0, 0.05) is 100 Å². The number of pyridine rings is 2. The first kappa shape index (κ1) is 53.4. The number of nitrogens with zero attached hydrogens (tertiary/aromatic N) is 10. The number of β-amino-alcohol motifs (C(OH)–C–C–N with tert-alkyl or cyclic N) is 1. The number of fused-ring (bicyclic) bond motifs is 2. The number of aliphatic hydroxyl groups is 1. The second kappa shape index (κ2) is 23.0. The number of piperidine rings is 1. The predicted molar refractivity (Wildman–Crippen MR) is 295 cm³/mol. The second-order valence-electron chi connectivity index (χ2n) is 21.7. The number of phenols is 1. The number of thiazole rings is 1. The van der Waals surface area contributed by atoms with E-state index < -0.39 is 24.1 Å². The molecule has 20 nitrogen and oxygen atoms in total. The van der Waals surface area contributed by atoms with Crippen LogP contribution in [0.15, 0.2) is 77.0 Å². The van der Waals surface area contributed by atoms with Crippen molar-refractivity contribution >= 4 is 51.9 Å². The van der Waals surface area contributed by atoms with Crippen LogP contribution < -0.4 is 30.3 Å². The van der Waals surface area contributed by atoms with Gasteiger partial charge in [-0.1, -0.05) is 43.6 Å². The van der Waals surface area contributed by atoms with Crippen LogP contribution in [-0.2, 0) is 14.3 Å². The highest BCUT2D eigenvalue weighted by Crippen LogP contribution is 2.42. The number of ether oxygens (including phenoxy) is 3. The average molecular weight is 1100 g/mol. The highest BCUT2D eigenvalue weighted by Gasteiger charge is 2.45. The number of nitrogens with one attached hydrogen (secondary N) is 1. The van der Waals surface area contributed by atoms with Gasteiger partial charge in [0.2, 0.25) is 17.7 Å². The Bertz CT molecular complexity index is 3060. The number of phenolic OH excluding ortho intramolecular Hbond substituents is 1. The fourth-order valence-corrected chi connectivity index (χ4v) is 12.8. The SMILES string of the molecule is Cc1ncsc1-c1ccc([C@H](C)NC(=O)[C@@H]2C[C@@H](O)CN2C(=O)[C@@H](c2onc(OCCN3CCC(OC4CC(Oc5cc(N6C7CC[C@@H]6CN(c6cc(-c8ccccc8O)nnc6N)C7)ccn5)C4)CC3)c2Cl)C(C)C)cn1. The molecule has 22 heteroatoms. The number of para-hydroxylation sites is 1. The van der Waals surface area contributed by atoms with E-state index in [1.54, 1.807) is 23.8 Å². The van der Waals surface area contributed by atoms with Crippen LogP contribution in [-0.4, -0.2) is 151 Å². The summed E-state index contributed by atoms with van der Waals surface area (Å²) in [6.07, 6.45) is 8.69. The van der Waals surface area contributed by atoms with Gasteiger partial charge in [-0.25, -0.2) is 9.97 Å². The zero-order valence-electron chi connectivity index (χ0n) is 44.3. The van der Waals surface area contributed by atoms with Crippen LogP contribution >= 0.6 is 22.9 Å². The van der Waals surface area contributed by atoms with Gasteiger partial charge in [0.15, 0.2) is 11.6 Å². The molecule has 5 aromatic heterocycles. The molecule has 1 aromatic carbocycles. The molecule has 5 N–H and O–H groups in total. The third-order valence-electron chi connectivity index (χ3n) is 16.1. The van der Waals surface area contributed by atoms with Crippen molar-refractivity contribution < 1.29 is 38.5 Å². The van der Waals surface area contributed by atoms with Crippen molar-refractivity contribution in [3.63, 3.8) is 0 Å². The van der Waals surface area contributed by atoms with Gasteiger partial charge in [-0.05, 0) is 86.5 Å². The second-order valence-corrected chi connectivity index (χ2v) is 22.9. The summed E-state index contributed by atoms with van der Waals surface area (Å²) in [7, 11) is 0. The summed E-state index contributed by atoms with van der Waals surface area (Å²) in [4.78, 5) is 51.2. The van der Waals surface area contributed by atoms with Gasteiger partial charge >= 0.3 is 0 Å². The van der Waals surface area contributed by atoms with Crippen molar-refractivity contribution in [2.75, 3.05) is 61.4 Å². The Labute approximate surface area is 462 Å². The van der Waals surface area contributed by atoms with Crippen molar-refractivity contribution in [1.29, 1.82) is 0 Å². The van der Waals surface area contributed by atoms with Crippen molar-refractivity contribution in [2.45, 2.75) is 127 Å². The number of halogens is 1. The Kier molecular flexibility index (Phi) is 15.7. The van der Waals surface area contributed by atoms with Crippen LogP contribution in [0.25, 0.3) is 21.8 Å². The van der Waals surface area contributed by atoms with Gasteiger partial charge in [0.25, 0.3) is 5.88 Å². The summed E-state index contributed by atoms with van der Waals surface area (Å²) in [6, 6.07) is 16.3. The molecule has 9 heterocycles. The van der Waals surface area contributed by atoms with E-state index in [1.807, 2.05) is 64.2 Å². The summed E-state index contributed by atoms with van der Waals surface area (Å²) in [6.45, 7) is 11.8. The maximum Gasteiger partial charge on any atom is 0.273 e. The number of carbonyl (C=O) groups excluding carboxylic acids is 2. The van der Waals surface area contributed by atoms with Gasteiger partial charge < -0.3 is 54.7 Å². The molecule has 6 aromatic rings. The van der Waals surface area contributed by atoms with E-state index >= 15 is 0 Å². The number of nitrogens with two attached hydrogens (primary N) is 1. The molecule has 6 atom stereocenters. The smallest absolute Gasteiger partial charge is 0.273 e. The van der Waals surface area contributed by atoms with Gasteiger partial charge in [0.05, 0.1) is 57.5 Å². The summed E-state index contributed by atoms with van der Waals surface area (Å²) in [5.74, 6) is -0.463. The first-order valence-electron chi connectivity index (χ1n) is 27.1. The molecule has 5 aliphatic rings. The van der Waals surface area contributed by atoms with E-state index in [1.165, 1.54) is 16.2 Å². The lowest BCUT2D eigenvalue weighted by Crippen LogP contribution is -2.54. The average Bonchev–Trinajstić information content (AvgIpc) is 4.26. The molecule has 11 rings (SSSR count). The molecule has 1 aliphatic carbocycles. The van der Waals surface area contributed by atoms with Crippen molar-refractivity contribution in [3.8, 4) is 39.3 Å². The van der Waals surface area contributed by atoms with Crippen molar-refractivity contribution in [3.05, 3.63) is 94.5 Å². The van der Waals surface area contributed by atoms with Crippen LogP contribution in [0, 0.1) is 12.8 Å². The monoisotopic (exact) mass is 1100 g/mol. The largest absolute Gasteiger partial charge is 0.507 e. The number of aromatic nitrogens is 6. The number of likely N-dealkylation sites (tertiary alicyclic amines) is 2. The molecule has 5 fully saturated rings. The lowest BCUT2D eigenvalue weighted by atomic mass is 9.91. The lowest BCUT2D eigenvalue weighted by Gasteiger charge is -2.43. The predicted octanol–water partition coefficient (Wildman–Crippen LogP) is 7.20. The van der Waals surface area contributed by atoms with Crippen molar-refractivity contribution in [1.82, 2.24) is 45.4 Å². The van der Waals surface area contributed by atoms with E-state index in [9.17, 15) is 19.8 Å². The Hall–Kier alpha value is -6.65. The number of anilines is 3. The molecular formula is C56H67ClN12O8S. The molecule has 2 amide bonds. The molecule has 4 saturated heterocycles. The fourth-order valence-electron chi connectivity index (χ4n) is 11.8. The van der Waals surface area contributed by atoms with Gasteiger partial charge in [-0.3, -0.25) is 19.5 Å². The molecule has 4 aliphatic heterocycles. The molecule has 78 heavy (non-hydrogen) atoms. The van der Waals surface area contributed by atoms with E-state index in [4.69, 9.17) is 36.1 Å². The summed E-state index contributed by atoms with van der Waals surface area (Å²) in [5, 5.41) is 37.0. The van der Waals surface area contributed by atoms with Crippen molar-refractivity contribution in [2.24, 2.45) is 5.92 Å². The number of amides is 2. The minimum atomic E-state index is -0.897. The Morgan fingerprint density at radius 1 is 0.923 bits per heavy atom. The first-order chi connectivity index (χ1) is 37.7. The van der Waals surface area contributed by atoms with E-state index in [0.29, 0.717) is 36.1 Å². The zero-order chi connectivity index (χ0) is 54.2. The lowest BCUT2D eigenvalue weighted by molar-refractivity contribution is -0.141. The number of aromatic hydroxyl groups is 1. The van der Waals surface area contributed by atoms with Crippen LogP contribution in [0.2, 0.25) is 5.02 Å². The van der Waals surface area contributed by atoms with Crippen LogP contribution in [0.5, 0.6) is 17.5 Å². The van der Waals surface area contributed by atoms with E-state index in [-0.39, 0.29) is 83.5 Å². The molecule has 412 valence electrons. The summed E-state index contributed by atoms with van der Waals surface area (Å²) in [5.41, 5.74) is 13.8. The van der Waals surface area contributed by atoms with Gasteiger partial charge in [0.1, 0.15) is 35.4 Å². The number of benzene rings is 1. The quantitative estimate of drug-likeness (QED) is 0.0665. The summed E-state index contributed by atoms with van der Waals surface area (Å²) < 4.78 is 24.7. The fraction of sp³-hybridized carbons (Fsp3) is 0.500. The van der Waals surface area contributed by atoms with Crippen LogP contribution in [0.1, 0.15) is 94.7 Å². The zero-order valence-corrected chi connectivity index (χ0v) is 45.9. The van der Waals surface area contributed by atoms with E-state index in [2.05, 4.69) is 62.5 Å². The molecule has 1 unspecified atom stereocenters. The minimum absolute atomic E-state index is 0.00353. The number of carbonyl (C=O) groups is 2. The molecular weight excluding hydrogens is 1040 g/mol. The molecule has 0 radical (unpaired) electrons. The van der Waals surface area contributed by atoms with Gasteiger partial charge in [-0.15, -0.1) is 21.5 Å². The van der Waals surface area contributed by atoms with E-state index in [0.717, 1.165) is 97.9 Å². The topological polar surface area (TPSA) is 244 Å². The van der Waals surface area contributed by atoms with Crippen LogP contribution in [0.3, 0.4) is 0 Å². The highest BCUT2D eigenvalue weighted by molar-refractivity contribution is 7.13. The summed E-state index contributed by atoms with van der Waals surface area (Å²) >= 11 is 8.37. The normalized spacial score (nSPS) is 23.3. The number of piperazine rings is 1. The maximum atomic E-state index is 14.3. The number of aryl methyl sites for hydroxylation is 1. The molecule has 2 bridgehead atoms. The molecule has 1 saturated carbocycles. The highest BCUT2D eigenvalue weighted by atomic mass is 35.5. The maximum absolute atomic E-state index is 14.3. The first-order valence-corrected chi connectivity index (χ1v) is 28.4. The Morgan fingerprint density at radius 3 is 2.42 bits per heavy atom. The third-order valence-corrected chi connectivity index (χ3v) is 17.4. The standard InChI is InChI=1S/C56H67ClN12O8S/c1-31(2)49(56(73)68-29-38(70)22-46(68)54(72)62-32(3)34-9-12-43(60-26-34)52-33(4)61-30-78-52)51-50(57)55(65-77-51)74-20-19-66-17-14-39(15-18-66)75-40-23-41(24-40)76-48-21-35(13-16-59-48)69-36-10-11-37(69)28-67(27-36)45-25-44(63-64-53(45)58)42-7-5-6-8-47(42)71/h5-9,12-13,16,21,25-26,30-32,36-41,46,49,70-71H,10-11,14-15,17-20,22-24,27-29H2,1-4H3,(H2,58,64)(H,62,72)/t32-,36+,37?,38+,40?,41?,46-,49+/m0/s1. The number of aliphatic hydroxyl groups excluding tert-OH is 1. The number of nitrogen functional groups attached to an aromatic ring is 1. The van der Waals surface area contributed by atoms with Gasteiger partial charge in [-0.2, -0.15) is 0 Å². The Balaban J connectivity index is 0.610. The third kappa shape index (κ3) is 11.3. The minimum Gasteiger partial charge on any atom is -0.507 e. The number of hydrogen-bond donors (Lipinski definition) is 4. The Morgan fingerprint density at radius 2 is 1.71 bits per heavy atom. The number of rotatable bonds is 18. The molecule has 0 spiro atoms. The number of hydrogen-bond acceptors (Lipinski definition) is 19.